The first kappa shape index (κ1) is 19.1. The average molecular weight is 448 g/mol. The van der Waals surface area contributed by atoms with Gasteiger partial charge in [0.1, 0.15) is 9.75 Å². The van der Waals surface area contributed by atoms with Gasteiger partial charge in [0.25, 0.3) is 0 Å². The van der Waals surface area contributed by atoms with Crippen LogP contribution < -0.4 is 4.90 Å². The van der Waals surface area contributed by atoms with Crippen molar-refractivity contribution < 1.29 is 9.59 Å². The molecule has 0 saturated carbocycles. The van der Waals surface area contributed by atoms with E-state index in [0.29, 0.717) is 5.69 Å². The van der Waals surface area contributed by atoms with Crippen LogP contribution in [0.25, 0.3) is 0 Å². The highest BCUT2D eigenvalue weighted by atomic mass is 35.5. The second-order valence-electron chi connectivity index (χ2n) is 8.83. The Kier molecular flexibility index (Phi) is 3.69. The predicted octanol–water partition coefficient (Wildman–Crippen LogP) is 5.40. The Morgan fingerprint density at radius 1 is 0.677 bits per heavy atom. The van der Waals surface area contributed by atoms with Crippen LogP contribution >= 0.6 is 23.2 Å². The molecule has 2 bridgehead atoms. The Balaban J connectivity index is 1.66. The summed E-state index contributed by atoms with van der Waals surface area (Å²) in [5, 5.41) is 0. The minimum Gasteiger partial charge on any atom is -0.274 e. The number of aryl methyl sites for hydroxylation is 2. The molecule has 1 heterocycles. The fraction of sp³-hybridized carbons (Fsp3) is 0.231. The Bertz CT molecular complexity index is 1170. The molecule has 2 amide bonds. The molecule has 1 saturated heterocycles. The summed E-state index contributed by atoms with van der Waals surface area (Å²) in [6.07, 6.45) is 0. The number of imide groups is 1. The van der Waals surface area contributed by atoms with Crippen LogP contribution in [0.1, 0.15) is 33.4 Å². The van der Waals surface area contributed by atoms with Gasteiger partial charge in [-0.3, -0.25) is 9.59 Å². The Labute approximate surface area is 190 Å². The SMILES string of the molecule is Cc1cc(C)cc(N2C(=O)[C@@H]3[C@@H](C2=O)C2(Cl)c4ccccc4C3(Cl)c3ccccc32)c1. The molecule has 3 aromatic rings. The summed E-state index contributed by atoms with van der Waals surface area (Å²) < 4.78 is 0. The summed E-state index contributed by atoms with van der Waals surface area (Å²) >= 11 is 14.9. The average Bonchev–Trinajstić information content (AvgIpc) is 3.02. The molecule has 0 spiro atoms. The molecule has 5 heteroatoms. The van der Waals surface area contributed by atoms with Crippen LogP contribution in [-0.2, 0) is 19.3 Å². The van der Waals surface area contributed by atoms with Gasteiger partial charge in [0.15, 0.2) is 0 Å². The minimum atomic E-state index is -1.14. The normalized spacial score (nSPS) is 30.3. The number of anilines is 1. The maximum atomic E-state index is 13.9. The standard InChI is InChI=1S/C26H19Cl2NO2/c1-14-11-15(2)13-16(12-14)29-23(30)21-22(24(29)31)26(28)18-8-4-3-7-17(18)25(21,27)19-9-5-6-10-20(19)26/h3-13,21-22H,1-2H3/t21-,22-,25?,26?/m0/s1. The second kappa shape index (κ2) is 5.99. The van der Waals surface area contributed by atoms with Gasteiger partial charge in [-0.2, -0.15) is 0 Å². The molecule has 0 aromatic heterocycles. The first-order valence-electron chi connectivity index (χ1n) is 10.3. The number of amides is 2. The largest absolute Gasteiger partial charge is 0.274 e. The van der Waals surface area contributed by atoms with E-state index >= 15 is 0 Å². The molecular weight excluding hydrogens is 429 g/mol. The van der Waals surface area contributed by atoms with E-state index in [4.69, 9.17) is 23.2 Å². The van der Waals surface area contributed by atoms with Crippen molar-refractivity contribution in [2.45, 2.75) is 23.6 Å². The molecule has 1 fully saturated rings. The summed E-state index contributed by atoms with van der Waals surface area (Å²) in [7, 11) is 0. The molecule has 31 heavy (non-hydrogen) atoms. The second-order valence-corrected chi connectivity index (χ2v) is 10.0. The number of hydrogen-bond donors (Lipinski definition) is 0. The number of hydrogen-bond acceptors (Lipinski definition) is 2. The highest BCUT2D eigenvalue weighted by Crippen LogP contribution is 2.69. The fourth-order valence-corrected chi connectivity index (χ4v) is 7.10. The highest BCUT2D eigenvalue weighted by molar-refractivity contribution is 6.38. The lowest BCUT2D eigenvalue weighted by molar-refractivity contribution is -0.122. The highest BCUT2D eigenvalue weighted by Gasteiger charge is 2.73. The molecule has 3 aliphatic carbocycles. The maximum absolute atomic E-state index is 13.9. The van der Waals surface area contributed by atoms with Crippen molar-refractivity contribution in [1.82, 2.24) is 0 Å². The molecule has 3 aromatic carbocycles. The van der Waals surface area contributed by atoms with Crippen LogP contribution in [0.2, 0.25) is 0 Å². The molecule has 1 aliphatic heterocycles. The third-order valence-electron chi connectivity index (χ3n) is 7.05. The molecule has 0 radical (unpaired) electrons. The lowest BCUT2D eigenvalue weighted by Crippen LogP contribution is -2.57. The lowest BCUT2D eigenvalue weighted by Gasteiger charge is -2.54. The predicted molar refractivity (Wildman–Crippen MR) is 122 cm³/mol. The van der Waals surface area contributed by atoms with Crippen LogP contribution in [0.15, 0.2) is 66.7 Å². The van der Waals surface area contributed by atoms with Gasteiger partial charge in [-0.15, -0.1) is 23.2 Å². The maximum Gasteiger partial charge on any atom is 0.240 e. The van der Waals surface area contributed by atoms with Crippen LogP contribution in [0, 0.1) is 25.7 Å². The number of carbonyl (C=O) groups excluding carboxylic acids is 2. The topological polar surface area (TPSA) is 37.4 Å². The monoisotopic (exact) mass is 447 g/mol. The van der Waals surface area contributed by atoms with Crippen molar-refractivity contribution in [3.63, 3.8) is 0 Å². The number of rotatable bonds is 1. The summed E-state index contributed by atoms with van der Waals surface area (Å²) in [5.74, 6) is -2.12. The van der Waals surface area contributed by atoms with Gasteiger partial charge in [-0.1, -0.05) is 54.6 Å². The van der Waals surface area contributed by atoms with E-state index in [1.807, 2.05) is 80.6 Å². The van der Waals surface area contributed by atoms with Gasteiger partial charge in [0, 0.05) is 0 Å². The van der Waals surface area contributed by atoms with Crippen LogP contribution in [0.3, 0.4) is 0 Å². The number of nitrogens with zero attached hydrogens (tertiary/aromatic N) is 1. The van der Waals surface area contributed by atoms with Gasteiger partial charge < -0.3 is 0 Å². The molecule has 3 nitrogen and oxygen atoms in total. The van der Waals surface area contributed by atoms with Crippen molar-refractivity contribution in [2.24, 2.45) is 11.8 Å². The third kappa shape index (κ3) is 2.11. The Morgan fingerprint density at radius 2 is 1.03 bits per heavy atom. The van der Waals surface area contributed by atoms with E-state index in [0.717, 1.165) is 33.4 Å². The van der Waals surface area contributed by atoms with Gasteiger partial charge in [0.05, 0.1) is 17.5 Å². The lowest BCUT2D eigenvalue weighted by atomic mass is 9.54. The van der Waals surface area contributed by atoms with E-state index in [-0.39, 0.29) is 11.8 Å². The van der Waals surface area contributed by atoms with Crippen LogP contribution in [-0.4, -0.2) is 11.8 Å². The van der Waals surface area contributed by atoms with Crippen molar-refractivity contribution >= 4 is 40.7 Å². The zero-order valence-corrected chi connectivity index (χ0v) is 18.5. The number of benzene rings is 3. The Hall–Kier alpha value is -2.62. The van der Waals surface area contributed by atoms with Gasteiger partial charge in [-0.05, 0) is 59.4 Å². The van der Waals surface area contributed by atoms with Crippen LogP contribution in [0.5, 0.6) is 0 Å². The molecule has 0 unspecified atom stereocenters. The van der Waals surface area contributed by atoms with Crippen molar-refractivity contribution in [3.8, 4) is 0 Å². The zero-order chi connectivity index (χ0) is 21.7. The first-order chi connectivity index (χ1) is 14.8. The summed E-state index contributed by atoms with van der Waals surface area (Å²) in [5.41, 5.74) is 5.81. The van der Waals surface area contributed by atoms with Crippen LogP contribution in [0.4, 0.5) is 5.69 Å². The summed E-state index contributed by atoms with van der Waals surface area (Å²) in [4.78, 5) is 26.8. The van der Waals surface area contributed by atoms with E-state index < -0.39 is 21.6 Å². The van der Waals surface area contributed by atoms with Gasteiger partial charge in [-0.25, -0.2) is 4.90 Å². The molecule has 4 aliphatic rings. The first-order valence-corrected chi connectivity index (χ1v) is 11.1. The van der Waals surface area contributed by atoms with Crippen molar-refractivity contribution in [3.05, 3.63) is 100 Å². The van der Waals surface area contributed by atoms with Crippen molar-refractivity contribution in [2.75, 3.05) is 4.90 Å². The molecule has 2 atom stereocenters. The van der Waals surface area contributed by atoms with E-state index in [1.165, 1.54) is 4.90 Å². The van der Waals surface area contributed by atoms with E-state index in [9.17, 15) is 9.59 Å². The van der Waals surface area contributed by atoms with Gasteiger partial charge >= 0.3 is 0 Å². The smallest absolute Gasteiger partial charge is 0.240 e. The van der Waals surface area contributed by atoms with Crippen molar-refractivity contribution in [1.29, 1.82) is 0 Å². The quantitative estimate of drug-likeness (QED) is 0.369. The minimum absolute atomic E-state index is 0.288. The molecular formula is C26H19Cl2NO2. The number of carbonyl (C=O) groups is 2. The van der Waals surface area contributed by atoms with Gasteiger partial charge in [0.2, 0.25) is 11.8 Å². The summed E-state index contributed by atoms with van der Waals surface area (Å²) in [6, 6.07) is 21.1. The molecule has 7 rings (SSSR count). The zero-order valence-electron chi connectivity index (χ0n) is 17.0. The van der Waals surface area contributed by atoms with E-state index in [2.05, 4.69) is 0 Å². The molecule has 0 N–H and O–H groups in total. The Morgan fingerprint density at radius 3 is 1.39 bits per heavy atom. The fourth-order valence-electron chi connectivity index (χ4n) is 6.00. The number of alkyl halides is 2. The molecule has 154 valence electrons. The summed E-state index contributed by atoms with van der Waals surface area (Å²) in [6.45, 7) is 3.91. The van der Waals surface area contributed by atoms with E-state index in [1.54, 1.807) is 0 Å². The number of halogens is 2. The third-order valence-corrected chi connectivity index (χ3v) is 8.33.